The van der Waals surface area contributed by atoms with E-state index in [0.717, 1.165) is 41.4 Å². The summed E-state index contributed by atoms with van der Waals surface area (Å²) in [5, 5.41) is 16.7. The number of hydrogen-bond donors (Lipinski definition) is 1. The van der Waals surface area contributed by atoms with Gasteiger partial charge in [-0.25, -0.2) is 4.98 Å². The maximum atomic E-state index is 5.12. The number of aromatic nitrogens is 5. The van der Waals surface area contributed by atoms with Crippen LogP contribution in [-0.4, -0.2) is 24.9 Å². The van der Waals surface area contributed by atoms with Crippen molar-refractivity contribution in [1.29, 1.82) is 0 Å². The van der Waals surface area contributed by atoms with E-state index in [1.807, 2.05) is 6.92 Å². The van der Waals surface area contributed by atoms with Gasteiger partial charge in [0.05, 0.1) is 11.1 Å². The van der Waals surface area contributed by atoms with E-state index in [2.05, 4.69) is 36.3 Å². The van der Waals surface area contributed by atoms with Gasteiger partial charge < -0.3 is 9.84 Å². The largest absolute Gasteiger partial charge is 0.350 e. The van der Waals surface area contributed by atoms with Crippen molar-refractivity contribution in [3.05, 3.63) is 29.3 Å². The lowest BCUT2D eigenvalue weighted by molar-refractivity contribution is 0.443. The topological polar surface area (TPSA) is 81.7 Å². The van der Waals surface area contributed by atoms with Crippen LogP contribution in [0.4, 0.5) is 5.95 Å². The average molecular weight is 284 g/mol. The number of nitrogens with one attached hydrogen (secondary N) is 1. The highest BCUT2D eigenvalue weighted by Gasteiger charge is 2.15. The summed E-state index contributed by atoms with van der Waals surface area (Å²) >= 11 is 0. The lowest BCUT2D eigenvalue weighted by atomic mass is 10.2. The van der Waals surface area contributed by atoms with Gasteiger partial charge in [-0.15, -0.1) is 10.2 Å². The molecule has 0 unspecified atom stereocenters. The molecule has 0 saturated carbocycles. The van der Waals surface area contributed by atoms with E-state index in [1.165, 1.54) is 12.8 Å². The first kappa shape index (κ1) is 12.3. The van der Waals surface area contributed by atoms with E-state index in [9.17, 15) is 0 Å². The summed E-state index contributed by atoms with van der Waals surface area (Å²) in [5.74, 6) is 1.92. The van der Waals surface area contributed by atoms with Gasteiger partial charge in [0.2, 0.25) is 5.95 Å². The number of pyridine rings is 1. The maximum absolute atomic E-state index is 5.12. The highest BCUT2D eigenvalue weighted by molar-refractivity contribution is 5.76. The van der Waals surface area contributed by atoms with Crippen LogP contribution >= 0.6 is 0 Å². The van der Waals surface area contributed by atoms with Crippen LogP contribution in [0.25, 0.3) is 11.1 Å². The zero-order chi connectivity index (χ0) is 14.2. The fourth-order valence-electron chi connectivity index (χ4n) is 2.71. The molecule has 0 aliphatic carbocycles. The molecule has 4 heterocycles. The lowest BCUT2D eigenvalue weighted by Crippen LogP contribution is -2.14. The van der Waals surface area contributed by atoms with Gasteiger partial charge in [-0.05, 0) is 31.4 Å². The Balaban J connectivity index is 1.55. The second kappa shape index (κ2) is 4.83. The summed E-state index contributed by atoms with van der Waals surface area (Å²) in [5.41, 5.74) is 2.51. The minimum atomic E-state index is 0.580. The molecule has 0 aromatic carbocycles. The summed E-state index contributed by atoms with van der Waals surface area (Å²) in [6, 6.07) is 2.05. The van der Waals surface area contributed by atoms with E-state index < -0.39 is 0 Å². The molecule has 0 radical (unpaired) electrons. The Morgan fingerprint density at radius 2 is 2.29 bits per heavy atom. The second-order valence-electron chi connectivity index (χ2n) is 5.37. The first-order chi connectivity index (χ1) is 10.3. The molecule has 1 aliphatic rings. The number of fused-ring (bicyclic) bond motifs is 2. The minimum Gasteiger partial charge on any atom is -0.350 e. The minimum absolute atomic E-state index is 0.580. The van der Waals surface area contributed by atoms with Crippen molar-refractivity contribution in [2.24, 2.45) is 0 Å². The van der Waals surface area contributed by atoms with E-state index in [1.54, 1.807) is 6.20 Å². The highest BCUT2D eigenvalue weighted by atomic mass is 16.5. The summed E-state index contributed by atoms with van der Waals surface area (Å²) in [4.78, 5) is 4.28. The van der Waals surface area contributed by atoms with Gasteiger partial charge in [0.15, 0.2) is 0 Å². The molecule has 21 heavy (non-hydrogen) atoms. The SMILES string of the molecule is Cc1noc2ncc(CNc3nnc4n3CCCC4)cc12. The monoisotopic (exact) mass is 284 g/mol. The highest BCUT2D eigenvalue weighted by Crippen LogP contribution is 2.19. The van der Waals surface area contributed by atoms with Gasteiger partial charge in [-0.1, -0.05) is 5.16 Å². The van der Waals surface area contributed by atoms with E-state index >= 15 is 0 Å². The predicted molar refractivity (Wildman–Crippen MR) is 76.8 cm³/mol. The Morgan fingerprint density at radius 3 is 3.24 bits per heavy atom. The number of aryl methyl sites for hydroxylation is 2. The molecule has 0 amide bonds. The molecule has 7 nitrogen and oxygen atoms in total. The molecule has 4 rings (SSSR count). The molecule has 3 aromatic heterocycles. The first-order valence-corrected chi connectivity index (χ1v) is 7.18. The van der Waals surface area contributed by atoms with Crippen molar-refractivity contribution >= 4 is 17.0 Å². The van der Waals surface area contributed by atoms with Crippen molar-refractivity contribution in [3.63, 3.8) is 0 Å². The van der Waals surface area contributed by atoms with Gasteiger partial charge >= 0.3 is 0 Å². The predicted octanol–water partition coefficient (Wildman–Crippen LogP) is 2.07. The van der Waals surface area contributed by atoms with Gasteiger partial charge in [-0.2, -0.15) is 0 Å². The Hall–Kier alpha value is -2.44. The molecule has 108 valence electrons. The quantitative estimate of drug-likeness (QED) is 0.793. The number of anilines is 1. The Labute approximate surface area is 121 Å². The maximum Gasteiger partial charge on any atom is 0.257 e. The second-order valence-corrected chi connectivity index (χ2v) is 5.37. The molecule has 0 fully saturated rings. The smallest absolute Gasteiger partial charge is 0.257 e. The molecule has 0 atom stereocenters. The van der Waals surface area contributed by atoms with Crippen molar-refractivity contribution in [2.75, 3.05) is 5.32 Å². The summed E-state index contributed by atoms with van der Waals surface area (Å²) < 4.78 is 7.29. The Morgan fingerprint density at radius 1 is 1.33 bits per heavy atom. The van der Waals surface area contributed by atoms with Crippen LogP contribution in [0.2, 0.25) is 0 Å². The van der Waals surface area contributed by atoms with Crippen LogP contribution in [0.5, 0.6) is 0 Å². The Bertz CT molecular complexity index is 790. The van der Waals surface area contributed by atoms with Gasteiger partial charge in [0, 0.05) is 25.7 Å². The van der Waals surface area contributed by atoms with Crippen LogP contribution in [0.3, 0.4) is 0 Å². The molecule has 0 spiro atoms. The fraction of sp³-hybridized carbons (Fsp3) is 0.429. The lowest BCUT2D eigenvalue weighted by Gasteiger charge is -2.15. The normalized spacial score (nSPS) is 14.3. The van der Waals surface area contributed by atoms with E-state index in [-0.39, 0.29) is 0 Å². The molecule has 1 aliphatic heterocycles. The summed E-state index contributed by atoms with van der Waals surface area (Å²) in [6.07, 6.45) is 5.20. The van der Waals surface area contributed by atoms with Gasteiger partial charge in [-0.3, -0.25) is 4.57 Å². The van der Waals surface area contributed by atoms with Crippen LogP contribution in [0.1, 0.15) is 29.9 Å². The molecule has 1 N–H and O–H groups in total. The van der Waals surface area contributed by atoms with Crippen molar-refractivity contribution in [2.45, 2.75) is 39.3 Å². The van der Waals surface area contributed by atoms with E-state index in [4.69, 9.17) is 4.52 Å². The molecular formula is C14H16N6O. The van der Waals surface area contributed by atoms with Gasteiger partial charge in [0.1, 0.15) is 5.82 Å². The molecular weight excluding hydrogens is 268 g/mol. The first-order valence-electron chi connectivity index (χ1n) is 7.18. The third-order valence-corrected chi connectivity index (χ3v) is 3.88. The van der Waals surface area contributed by atoms with Crippen molar-refractivity contribution in [3.8, 4) is 0 Å². The van der Waals surface area contributed by atoms with E-state index in [0.29, 0.717) is 12.3 Å². The molecule has 0 saturated heterocycles. The number of hydrogen-bond acceptors (Lipinski definition) is 6. The Kier molecular flexibility index (Phi) is 2.83. The van der Waals surface area contributed by atoms with Crippen LogP contribution in [0, 0.1) is 6.92 Å². The standard InChI is InChI=1S/C14H16N6O/c1-9-11-6-10(7-15-13(11)21-19-9)8-16-14-18-17-12-4-2-3-5-20(12)14/h6-7H,2-5,8H2,1H3,(H,16,18). The number of rotatable bonds is 3. The summed E-state index contributed by atoms with van der Waals surface area (Å²) in [6.45, 7) is 3.57. The van der Waals surface area contributed by atoms with Crippen LogP contribution in [-0.2, 0) is 19.5 Å². The average Bonchev–Trinajstić information content (AvgIpc) is 3.09. The fourth-order valence-corrected chi connectivity index (χ4v) is 2.71. The van der Waals surface area contributed by atoms with Crippen molar-refractivity contribution < 1.29 is 4.52 Å². The molecule has 7 heteroatoms. The number of nitrogens with zero attached hydrogens (tertiary/aromatic N) is 5. The van der Waals surface area contributed by atoms with Crippen LogP contribution < -0.4 is 5.32 Å². The zero-order valence-corrected chi connectivity index (χ0v) is 11.8. The molecule has 3 aromatic rings. The van der Waals surface area contributed by atoms with Crippen molar-refractivity contribution in [1.82, 2.24) is 24.9 Å². The third kappa shape index (κ3) is 2.14. The zero-order valence-electron chi connectivity index (χ0n) is 11.8. The van der Waals surface area contributed by atoms with Gasteiger partial charge in [0.25, 0.3) is 5.71 Å². The van der Waals surface area contributed by atoms with Crippen LogP contribution in [0.15, 0.2) is 16.8 Å². The molecule has 0 bridgehead atoms. The third-order valence-electron chi connectivity index (χ3n) is 3.88. The summed E-state index contributed by atoms with van der Waals surface area (Å²) in [7, 11) is 0.